The van der Waals surface area contributed by atoms with Crippen LogP contribution in [0.2, 0.25) is 0 Å². The molecule has 6 heteroatoms. The van der Waals surface area contributed by atoms with Gasteiger partial charge in [-0.25, -0.2) is 4.79 Å². The van der Waals surface area contributed by atoms with Crippen molar-refractivity contribution >= 4 is 12.1 Å². The predicted molar refractivity (Wildman–Crippen MR) is 61.0 cm³/mol. The third-order valence-electron chi connectivity index (χ3n) is 2.77. The summed E-state index contributed by atoms with van der Waals surface area (Å²) in [5.74, 6) is -0.821. The first-order valence-electron chi connectivity index (χ1n) is 5.49. The topological polar surface area (TPSA) is 87.1 Å². The van der Waals surface area contributed by atoms with Crippen molar-refractivity contribution in [3.8, 4) is 5.75 Å². The Hall–Kier alpha value is -2.24. The number of carboxylic acid groups (broad SMARTS) is 1. The van der Waals surface area contributed by atoms with E-state index in [9.17, 15) is 9.59 Å². The molecular formula is C12H13NO5. The lowest BCUT2D eigenvalue weighted by molar-refractivity contribution is -0.138. The molecule has 0 bridgehead atoms. The van der Waals surface area contributed by atoms with Crippen molar-refractivity contribution in [2.75, 3.05) is 6.61 Å². The van der Waals surface area contributed by atoms with Gasteiger partial charge in [-0.05, 0) is 17.7 Å². The molecule has 1 aromatic carbocycles. The minimum atomic E-state index is -0.964. The van der Waals surface area contributed by atoms with Gasteiger partial charge in [0.25, 0.3) is 0 Å². The van der Waals surface area contributed by atoms with E-state index in [4.69, 9.17) is 14.9 Å². The fourth-order valence-corrected chi connectivity index (χ4v) is 1.85. The summed E-state index contributed by atoms with van der Waals surface area (Å²) in [7, 11) is 0. The quantitative estimate of drug-likeness (QED) is 0.839. The third-order valence-corrected chi connectivity index (χ3v) is 2.77. The van der Waals surface area contributed by atoms with Crippen molar-refractivity contribution in [3.05, 3.63) is 29.8 Å². The average molecular weight is 251 g/mol. The largest absolute Gasteiger partial charge is 0.508 e. The van der Waals surface area contributed by atoms with Crippen LogP contribution in [0.3, 0.4) is 0 Å². The van der Waals surface area contributed by atoms with Crippen molar-refractivity contribution in [2.24, 2.45) is 0 Å². The van der Waals surface area contributed by atoms with Crippen LogP contribution in [0.1, 0.15) is 12.0 Å². The van der Waals surface area contributed by atoms with E-state index in [0.29, 0.717) is 0 Å². The summed E-state index contributed by atoms with van der Waals surface area (Å²) in [5.41, 5.74) is 0.807. The normalized spacial score (nSPS) is 18.8. The first kappa shape index (κ1) is 12.2. The lowest BCUT2D eigenvalue weighted by atomic mass is 10.1. The second kappa shape index (κ2) is 4.95. The Morgan fingerprint density at radius 1 is 1.39 bits per heavy atom. The van der Waals surface area contributed by atoms with Gasteiger partial charge in [-0.1, -0.05) is 12.1 Å². The maximum Gasteiger partial charge on any atom is 0.410 e. The molecule has 0 saturated carbocycles. The molecule has 2 N–H and O–H groups in total. The van der Waals surface area contributed by atoms with E-state index in [1.807, 2.05) is 0 Å². The molecule has 1 saturated heterocycles. The molecule has 96 valence electrons. The molecule has 18 heavy (non-hydrogen) atoms. The van der Waals surface area contributed by atoms with E-state index >= 15 is 0 Å². The lowest BCUT2D eigenvalue weighted by Crippen LogP contribution is -2.34. The number of ether oxygens (including phenoxy) is 1. The Morgan fingerprint density at radius 2 is 2.06 bits per heavy atom. The number of carboxylic acids is 1. The van der Waals surface area contributed by atoms with Crippen LogP contribution in [0.5, 0.6) is 5.75 Å². The van der Waals surface area contributed by atoms with Crippen molar-refractivity contribution in [1.82, 2.24) is 4.90 Å². The second-order valence-corrected chi connectivity index (χ2v) is 4.12. The van der Waals surface area contributed by atoms with Crippen LogP contribution in [-0.4, -0.2) is 39.8 Å². The van der Waals surface area contributed by atoms with Gasteiger partial charge in [0.1, 0.15) is 12.4 Å². The van der Waals surface area contributed by atoms with Crippen molar-refractivity contribution in [3.63, 3.8) is 0 Å². The standard InChI is InChI=1S/C12H13NO5/c14-10-3-1-8(2-4-10)6-13-9(5-11(15)16)7-18-12(13)17/h1-4,9,14H,5-7H2,(H,15,16). The highest BCUT2D eigenvalue weighted by atomic mass is 16.6. The van der Waals surface area contributed by atoms with Crippen LogP contribution >= 0.6 is 0 Å². The minimum absolute atomic E-state index is 0.100. The number of cyclic esters (lactones) is 1. The molecule has 1 fully saturated rings. The number of benzene rings is 1. The number of amides is 1. The summed E-state index contributed by atoms with van der Waals surface area (Å²) < 4.78 is 4.85. The van der Waals surface area contributed by atoms with Gasteiger partial charge in [0, 0.05) is 6.54 Å². The van der Waals surface area contributed by atoms with Gasteiger partial charge in [-0.15, -0.1) is 0 Å². The van der Waals surface area contributed by atoms with Crippen molar-refractivity contribution < 1.29 is 24.5 Å². The van der Waals surface area contributed by atoms with E-state index in [2.05, 4.69) is 0 Å². The highest BCUT2D eigenvalue weighted by Crippen LogP contribution is 2.20. The van der Waals surface area contributed by atoms with Gasteiger partial charge in [-0.3, -0.25) is 9.69 Å². The molecule has 0 spiro atoms. The zero-order chi connectivity index (χ0) is 13.1. The van der Waals surface area contributed by atoms with E-state index in [-0.39, 0.29) is 25.3 Å². The number of nitrogens with zero attached hydrogens (tertiary/aromatic N) is 1. The summed E-state index contributed by atoms with van der Waals surface area (Å²) in [5, 5.41) is 17.9. The van der Waals surface area contributed by atoms with Crippen LogP contribution < -0.4 is 0 Å². The molecule has 1 heterocycles. The van der Waals surface area contributed by atoms with Crippen LogP contribution in [0, 0.1) is 0 Å². The number of carbonyl (C=O) groups excluding carboxylic acids is 1. The summed E-state index contributed by atoms with van der Waals surface area (Å²) in [4.78, 5) is 23.6. The molecule has 0 aromatic heterocycles. The monoisotopic (exact) mass is 251 g/mol. The van der Waals surface area contributed by atoms with E-state index in [0.717, 1.165) is 5.56 Å². The summed E-state index contributed by atoms with van der Waals surface area (Å²) >= 11 is 0. The first-order valence-corrected chi connectivity index (χ1v) is 5.49. The van der Waals surface area contributed by atoms with Gasteiger partial charge < -0.3 is 14.9 Å². The highest BCUT2D eigenvalue weighted by molar-refractivity contribution is 5.73. The Morgan fingerprint density at radius 3 is 2.67 bits per heavy atom. The van der Waals surface area contributed by atoms with Gasteiger partial charge in [0.15, 0.2) is 0 Å². The Kier molecular flexibility index (Phi) is 3.36. The van der Waals surface area contributed by atoms with Crippen LogP contribution in [0.4, 0.5) is 4.79 Å². The zero-order valence-electron chi connectivity index (χ0n) is 9.57. The number of carbonyl (C=O) groups is 2. The number of rotatable bonds is 4. The van der Waals surface area contributed by atoms with E-state index < -0.39 is 18.1 Å². The summed E-state index contributed by atoms with van der Waals surface area (Å²) in [6.07, 6.45) is -0.640. The fraction of sp³-hybridized carbons (Fsp3) is 0.333. The van der Waals surface area contributed by atoms with Crippen LogP contribution in [0.15, 0.2) is 24.3 Å². The first-order chi connectivity index (χ1) is 8.56. The maximum absolute atomic E-state index is 11.5. The molecule has 6 nitrogen and oxygen atoms in total. The van der Waals surface area contributed by atoms with Crippen LogP contribution in [-0.2, 0) is 16.1 Å². The number of phenolic OH excluding ortho intramolecular Hbond substituents is 1. The SMILES string of the molecule is O=C(O)CC1COC(=O)N1Cc1ccc(O)cc1. The van der Waals surface area contributed by atoms with Gasteiger partial charge >= 0.3 is 12.1 Å². The number of aromatic hydroxyl groups is 1. The van der Waals surface area contributed by atoms with Gasteiger partial charge in [0.2, 0.25) is 0 Å². The van der Waals surface area contributed by atoms with Crippen molar-refractivity contribution in [1.29, 1.82) is 0 Å². The Bertz CT molecular complexity index is 456. The Labute approximate surface area is 103 Å². The molecule has 1 aliphatic heterocycles. The molecule has 2 rings (SSSR count). The second-order valence-electron chi connectivity index (χ2n) is 4.12. The van der Waals surface area contributed by atoms with Crippen LogP contribution in [0.25, 0.3) is 0 Å². The summed E-state index contributed by atoms with van der Waals surface area (Å²) in [6.45, 7) is 0.375. The molecule has 1 unspecified atom stereocenters. The maximum atomic E-state index is 11.5. The molecule has 1 amide bonds. The van der Waals surface area contributed by atoms with Gasteiger partial charge in [0.05, 0.1) is 12.5 Å². The zero-order valence-corrected chi connectivity index (χ0v) is 9.57. The molecule has 0 radical (unpaired) electrons. The molecule has 0 aliphatic carbocycles. The lowest BCUT2D eigenvalue weighted by Gasteiger charge is -2.19. The molecule has 1 aliphatic rings. The molecule has 1 atom stereocenters. The number of hydrogen-bond acceptors (Lipinski definition) is 4. The number of aliphatic carboxylic acids is 1. The van der Waals surface area contributed by atoms with E-state index in [1.54, 1.807) is 12.1 Å². The van der Waals surface area contributed by atoms with E-state index in [1.165, 1.54) is 17.0 Å². The fourth-order valence-electron chi connectivity index (χ4n) is 1.85. The Balaban J connectivity index is 2.07. The summed E-state index contributed by atoms with van der Waals surface area (Å²) in [6, 6.07) is 5.95. The van der Waals surface area contributed by atoms with Crippen molar-refractivity contribution in [2.45, 2.75) is 19.0 Å². The highest BCUT2D eigenvalue weighted by Gasteiger charge is 2.34. The number of hydrogen-bond donors (Lipinski definition) is 2. The third kappa shape index (κ3) is 2.71. The molecule has 1 aromatic rings. The average Bonchev–Trinajstić information content (AvgIpc) is 2.64. The predicted octanol–water partition coefficient (Wildman–Crippen LogP) is 1.19. The van der Waals surface area contributed by atoms with Gasteiger partial charge in [-0.2, -0.15) is 0 Å². The minimum Gasteiger partial charge on any atom is -0.508 e. The molecular weight excluding hydrogens is 238 g/mol. The smallest absolute Gasteiger partial charge is 0.410 e. The number of phenols is 1.